The minimum absolute atomic E-state index is 0.396. The van der Waals surface area contributed by atoms with Crippen LogP contribution in [0.25, 0.3) is 0 Å². The van der Waals surface area contributed by atoms with Crippen LogP contribution in [0.15, 0.2) is 22.7 Å². The van der Waals surface area contributed by atoms with E-state index in [-0.39, 0.29) is 0 Å². The number of anilines is 1. The third-order valence-corrected chi connectivity index (χ3v) is 4.78. The summed E-state index contributed by atoms with van der Waals surface area (Å²) in [7, 11) is 0. The molecule has 0 spiro atoms. The summed E-state index contributed by atoms with van der Waals surface area (Å²) in [6.45, 7) is 8.89. The Kier molecular flexibility index (Phi) is 5.28. The fourth-order valence-electron chi connectivity index (χ4n) is 2.94. The van der Waals surface area contributed by atoms with Crippen LogP contribution in [0.1, 0.15) is 51.6 Å². The minimum Gasteiger partial charge on any atom is -0.369 e. The van der Waals surface area contributed by atoms with Crippen molar-refractivity contribution in [2.45, 2.75) is 52.1 Å². The molecule has 1 aliphatic heterocycles. The largest absolute Gasteiger partial charge is 0.369 e. The molecule has 0 amide bonds. The van der Waals surface area contributed by atoms with E-state index in [1.54, 1.807) is 0 Å². The maximum Gasteiger partial charge on any atom is 0.0380 e. The second-order valence-corrected chi connectivity index (χ2v) is 6.38. The van der Waals surface area contributed by atoms with Crippen LogP contribution in [0.5, 0.6) is 0 Å². The van der Waals surface area contributed by atoms with Gasteiger partial charge in [0.2, 0.25) is 0 Å². The first-order valence-electron chi connectivity index (χ1n) is 7.43. The highest BCUT2D eigenvalue weighted by Crippen LogP contribution is 2.31. The number of rotatable bonds is 4. The number of hydrogen-bond donors (Lipinski definition) is 1. The van der Waals surface area contributed by atoms with Gasteiger partial charge < -0.3 is 10.2 Å². The van der Waals surface area contributed by atoms with E-state index in [9.17, 15) is 0 Å². The van der Waals surface area contributed by atoms with E-state index in [1.807, 2.05) is 0 Å². The topological polar surface area (TPSA) is 15.3 Å². The first kappa shape index (κ1) is 14.9. The lowest BCUT2D eigenvalue weighted by Crippen LogP contribution is -2.37. The number of piperidine rings is 1. The van der Waals surface area contributed by atoms with Gasteiger partial charge in [-0.1, -0.05) is 28.9 Å². The Morgan fingerprint density at radius 3 is 2.84 bits per heavy atom. The fourth-order valence-corrected chi connectivity index (χ4v) is 3.65. The minimum atomic E-state index is 0.396. The smallest absolute Gasteiger partial charge is 0.0380 e. The van der Waals surface area contributed by atoms with E-state index < -0.39 is 0 Å². The molecule has 2 unspecified atom stereocenters. The van der Waals surface area contributed by atoms with E-state index >= 15 is 0 Å². The average molecular weight is 325 g/mol. The van der Waals surface area contributed by atoms with E-state index in [4.69, 9.17) is 0 Å². The van der Waals surface area contributed by atoms with Gasteiger partial charge in [0.25, 0.3) is 0 Å². The predicted octanol–water partition coefficient (Wildman–Crippen LogP) is 4.50. The Hall–Kier alpha value is -0.540. The molecule has 0 aromatic heterocycles. The molecular weight excluding hydrogens is 300 g/mol. The van der Waals surface area contributed by atoms with Gasteiger partial charge in [-0.2, -0.15) is 0 Å². The molecule has 106 valence electrons. The first-order valence-corrected chi connectivity index (χ1v) is 8.22. The molecule has 1 aromatic rings. The normalized spacial score (nSPS) is 21.5. The van der Waals surface area contributed by atoms with E-state index in [0.717, 1.165) is 6.54 Å². The van der Waals surface area contributed by atoms with Gasteiger partial charge in [0.15, 0.2) is 0 Å². The predicted molar refractivity (Wildman–Crippen MR) is 86.9 cm³/mol. The zero-order valence-corrected chi connectivity index (χ0v) is 13.8. The maximum absolute atomic E-state index is 3.74. The van der Waals surface area contributed by atoms with Gasteiger partial charge in [-0.25, -0.2) is 0 Å². The number of nitrogens with one attached hydrogen (secondary N) is 1. The molecule has 1 saturated heterocycles. The molecule has 1 N–H and O–H groups in total. The monoisotopic (exact) mass is 324 g/mol. The molecule has 0 radical (unpaired) electrons. The molecule has 2 nitrogen and oxygen atoms in total. The summed E-state index contributed by atoms with van der Waals surface area (Å²) >= 11 is 3.74. The molecule has 1 aromatic carbocycles. The van der Waals surface area contributed by atoms with Gasteiger partial charge in [-0.3, -0.25) is 0 Å². The molecule has 2 atom stereocenters. The van der Waals surface area contributed by atoms with Crippen LogP contribution in [0.2, 0.25) is 0 Å². The van der Waals surface area contributed by atoms with Gasteiger partial charge >= 0.3 is 0 Å². The molecule has 2 rings (SSSR count). The Bertz CT molecular complexity index is 419. The van der Waals surface area contributed by atoms with Crippen molar-refractivity contribution in [2.24, 2.45) is 0 Å². The van der Waals surface area contributed by atoms with E-state index in [0.29, 0.717) is 12.1 Å². The second kappa shape index (κ2) is 6.76. The zero-order chi connectivity index (χ0) is 13.8. The highest BCUT2D eigenvalue weighted by molar-refractivity contribution is 9.10. The lowest BCUT2D eigenvalue weighted by Gasteiger charge is -2.35. The summed E-state index contributed by atoms with van der Waals surface area (Å²) in [5, 5.41) is 3.47. The zero-order valence-electron chi connectivity index (χ0n) is 12.2. The Morgan fingerprint density at radius 1 is 1.42 bits per heavy atom. The van der Waals surface area contributed by atoms with Crippen molar-refractivity contribution in [3.05, 3.63) is 28.2 Å². The highest BCUT2D eigenvalue weighted by atomic mass is 79.9. The lowest BCUT2D eigenvalue weighted by atomic mass is 10.0. The lowest BCUT2D eigenvalue weighted by molar-refractivity contribution is 0.484. The van der Waals surface area contributed by atoms with Gasteiger partial charge in [0.1, 0.15) is 0 Å². The van der Waals surface area contributed by atoms with Crippen molar-refractivity contribution in [3.63, 3.8) is 0 Å². The van der Waals surface area contributed by atoms with Crippen molar-refractivity contribution >= 4 is 21.6 Å². The van der Waals surface area contributed by atoms with E-state index in [1.165, 1.54) is 41.5 Å². The Balaban J connectivity index is 2.18. The maximum atomic E-state index is 3.74. The quantitative estimate of drug-likeness (QED) is 0.877. The van der Waals surface area contributed by atoms with Crippen LogP contribution in [0.4, 0.5) is 5.69 Å². The number of halogens is 1. The molecule has 0 aliphatic carbocycles. The van der Waals surface area contributed by atoms with Crippen molar-refractivity contribution in [3.8, 4) is 0 Å². The standard InChI is InChI=1S/C16H25BrN2/c1-4-18-13(3)15-9-8-14(11-16(15)17)19-10-6-5-7-12(19)2/h8-9,11-13,18H,4-7,10H2,1-3H3. The number of benzene rings is 1. The van der Waals surface area contributed by atoms with Crippen molar-refractivity contribution in [1.82, 2.24) is 5.32 Å². The van der Waals surface area contributed by atoms with E-state index in [2.05, 4.69) is 65.1 Å². The fraction of sp³-hybridized carbons (Fsp3) is 0.625. The van der Waals surface area contributed by atoms with Crippen molar-refractivity contribution in [1.29, 1.82) is 0 Å². The second-order valence-electron chi connectivity index (χ2n) is 5.52. The highest BCUT2D eigenvalue weighted by Gasteiger charge is 2.19. The van der Waals surface area contributed by atoms with Gasteiger partial charge in [0, 0.05) is 28.8 Å². The van der Waals surface area contributed by atoms with Crippen LogP contribution >= 0.6 is 15.9 Å². The summed E-state index contributed by atoms with van der Waals surface area (Å²) in [5.41, 5.74) is 2.70. The Morgan fingerprint density at radius 2 is 2.21 bits per heavy atom. The summed E-state index contributed by atoms with van der Waals surface area (Å²) in [6, 6.07) is 7.87. The van der Waals surface area contributed by atoms with Gasteiger partial charge in [-0.15, -0.1) is 0 Å². The molecule has 1 fully saturated rings. The summed E-state index contributed by atoms with van der Waals surface area (Å²) < 4.78 is 1.22. The average Bonchev–Trinajstić information content (AvgIpc) is 2.39. The molecule has 0 saturated carbocycles. The van der Waals surface area contributed by atoms with Crippen molar-refractivity contribution < 1.29 is 0 Å². The van der Waals surface area contributed by atoms with Gasteiger partial charge in [-0.05, 0) is 57.4 Å². The molecule has 1 heterocycles. The van der Waals surface area contributed by atoms with Crippen molar-refractivity contribution in [2.75, 3.05) is 18.0 Å². The molecule has 3 heteroatoms. The van der Waals surface area contributed by atoms with Crippen LogP contribution in [0.3, 0.4) is 0 Å². The Labute approximate surface area is 125 Å². The number of hydrogen-bond acceptors (Lipinski definition) is 2. The van der Waals surface area contributed by atoms with Crippen LogP contribution in [-0.2, 0) is 0 Å². The summed E-state index contributed by atoms with van der Waals surface area (Å²) in [5.74, 6) is 0. The molecule has 19 heavy (non-hydrogen) atoms. The third kappa shape index (κ3) is 3.51. The van der Waals surface area contributed by atoms with Crippen LogP contribution in [0, 0.1) is 0 Å². The first-order chi connectivity index (χ1) is 9.13. The van der Waals surface area contributed by atoms with Crippen LogP contribution in [-0.4, -0.2) is 19.1 Å². The SMILES string of the molecule is CCNC(C)c1ccc(N2CCCCC2C)cc1Br. The molecule has 0 bridgehead atoms. The number of nitrogens with zero attached hydrogens (tertiary/aromatic N) is 1. The van der Waals surface area contributed by atoms with Gasteiger partial charge in [0.05, 0.1) is 0 Å². The van der Waals surface area contributed by atoms with Crippen LogP contribution < -0.4 is 10.2 Å². The summed E-state index contributed by atoms with van der Waals surface area (Å²) in [6.07, 6.45) is 4.00. The summed E-state index contributed by atoms with van der Waals surface area (Å²) in [4.78, 5) is 2.54. The molecular formula is C16H25BrN2. The molecule has 1 aliphatic rings. The third-order valence-electron chi connectivity index (χ3n) is 4.10.